The van der Waals surface area contributed by atoms with Crippen LogP contribution >= 0.6 is 0 Å². The third-order valence-corrected chi connectivity index (χ3v) is 2.88. The van der Waals surface area contributed by atoms with E-state index in [0.717, 1.165) is 18.5 Å². The Morgan fingerprint density at radius 1 is 1.20 bits per heavy atom. The molecule has 1 rings (SSSR count). The van der Waals surface area contributed by atoms with Gasteiger partial charge in [0.2, 0.25) is 0 Å². The molecule has 0 aromatic heterocycles. The molecule has 5 nitrogen and oxygen atoms in total. The van der Waals surface area contributed by atoms with Crippen LogP contribution in [-0.4, -0.2) is 45.2 Å². The van der Waals surface area contributed by atoms with Crippen LogP contribution < -0.4 is 14.8 Å². The first kappa shape index (κ1) is 16.6. The van der Waals surface area contributed by atoms with Crippen molar-refractivity contribution in [3.63, 3.8) is 0 Å². The van der Waals surface area contributed by atoms with Crippen LogP contribution in [0.1, 0.15) is 19.8 Å². The lowest BCUT2D eigenvalue weighted by Crippen LogP contribution is -2.25. The maximum absolute atomic E-state index is 9.79. The van der Waals surface area contributed by atoms with E-state index < -0.39 is 6.10 Å². The predicted molar refractivity (Wildman–Crippen MR) is 79.8 cm³/mol. The van der Waals surface area contributed by atoms with E-state index in [0.29, 0.717) is 31.3 Å². The van der Waals surface area contributed by atoms with Gasteiger partial charge in [0.25, 0.3) is 0 Å². The molecule has 1 aromatic rings. The zero-order valence-corrected chi connectivity index (χ0v) is 12.5. The van der Waals surface area contributed by atoms with Gasteiger partial charge in [-0.1, -0.05) is 13.3 Å². The summed E-state index contributed by atoms with van der Waals surface area (Å²) in [6, 6.07) is 5.54. The highest BCUT2D eigenvalue weighted by molar-refractivity contribution is 5.54. The smallest absolute Gasteiger partial charge is 0.162 e. The van der Waals surface area contributed by atoms with Gasteiger partial charge in [-0.05, 0) is 18.6 Å². The quantitative estimate of drug-likeness (QED) is 0.645. The Kier molecular flexibility index (Phi) is 7.84. The molecule has 0 saturated heterocycles. The zero-order chi connectivity index (χ0) is 14.8. The van der Waals surface area contributed by atoms with Crippen molar-refractivity contribution in [1.29, 1.82) is 0 Å². The molecule has 0 amide bonds. The summed E-state index contributed by atoms with van der Waals surface area (Å²) in [4.78, 5) is 0. The third-order valence-electron chi connectivity index (χ3n) is 2.88. The van der Waals surface area contributed by atoms with Gasteiger partial charge in [0.1, 0.15) is 0 Å². The summed E-state index contributed by atoms with van der Waals surface area (Å²) < 4.78 is 15.8. The van der Waals surface area contributed by atoms with Crippen molar-refractivity contribution in [3.05, 3.63) is 18.2 Å². The van der Waals surface area contributed by atoms with Gasteiger partial charge in [-0.25, -0.2) is 0 Å². The Morgan fingerprint density at radius 3 is 2.60 bits per heavy atom. The molecule has 5 heteroatoms. The van der Waals surface area contributed by atoms with E-state index in [1.807, 2.05) is 18.2 Å². The third kappa shape index (κ3) is 5.67. The van der Waals surface area contributed by atoms with Gasteiger partial charge in [-0.2, -0.15) is 0 Å². The van der Waals surface area contributed by atoms with E-state index in [4.69, 9.17) is 14.2 Å². The van der Waals surface area contributed by atoms with Gasteiger partial charge in [0, 0.05) is 24.9 Å². The number of hydrogen-bond acceptors (Lipinski definition) is 5. The fraction of sp³-hybridized carbons (Fsp3) is 0.600. The molecule has 1 unspecified atom stereocenters. The summed E-state index contributed by atoms with van der Waals surface area (Å²) in [7, 11) is 3.19. The molecule has 0 aliphatic carbocycles. The SMILES string of the molecule is CCCCOCC(O)CNc1ccc(OC)c(OC)c1. The molecule has 0 bridgehead atoms. The molecule has 20 heavy (non-hydrogen) atoms. The molecule has 0 aliphatic heterocycles. The maximum atomic E-state index is 9.79. The van der Waals surface area contributed by atoms with Crippen molar-refractivity contribution in [1.82, 2.24) is 0 Å². The second kappa shape index (κ2) is 9.44. The molecule has 0 heterocycles. The monoisotopic (exact) mass is 283 g/mol. The molecule has 114 valence electrons. The lowest BCUT2D eigenvalue weighted by atomic mass is 10.2. The summed E-state index contributed by atoms with van der Waals surface area (Å²) in [6.45, 7) is 3.59. The summed E-state index contributed by atoms with van der Waals surface area (Å²) in [6.07, 6.45) is 1.59. The standard InChI is InChI=1S/C15H25NO4/c1-4-5-8-20-11-13(17)10-16-12-6-7-14(18-2)15(9-12)19-3/h6-7,9,13,16-17H,4-5,8,10-11H2,1-3H3. The Bertz CT molecular complexity index is 384. The van der Waals surface area contributed by atoms with Crippen molar-refractivity contribution >= 4 is 5.69 Å². The highest BCUT2D eigenvalue weighted by Gasteiger charge is 2.07. The highest BCUT2D eigenvalue weighted by atomic mass is 16.5. The van der Waals surface area contributed by atoms with Gasteiger partial charge in [-0.15, -0.1) is 0 Å². The molecular formula is C15H25NO4. The van der Waals surface area contributed by atoms with Crippen LogP contribution in [0.4, 0.5) is 5.69 Å². The first-order valence-corrected chi connectivity index (χ1v) is 6.93. The van der Waals surface area contributed by atoms with E-state index in [-0.39, 0.29) is 0 Å². The molecule has 1 aromatic carbocycles. The second-order valence-electron chi connectivity index (χ2n) is 4.53. The number of aliphatic hydroxyl groups excluding tert-OH is 1. The van der Waals surface area contributed by atoms with Crippen LogP contribution in [0.2, 0.25) is 0 Å². The topological polar surface area (TPSA) is 60.0 Å². The van der Waals surface area contributed by atoms with Gasteiger partial charge < -0.3 is 24.6 Å². The first-order valence-electron chi connectivity index (χ1n) is 6.93. The van der Waals surface area contributed by atoms with Crippen LogP contribution in [0.3, 0.4) is 0 Å². The summed E-state index contributed by atoms with van der Waals surface area (Å²) >= 11 is 0. The number of anilines is 1. The summed E-state index contributed by atoms with van der Waals surface area (Å²) in [5.41, 5.74) is 0.871. The minimum Gasteiger partial charge on any atom is -0.493 e. The Morgan fingerprint density at radius 2 is 1.95 bits per heavy atom. The predicted octanol–water partition coefficient (Wildman–Crippen LogP) is 2.29. The Balaban J connectivity index is 2.37. The minimum atomic E-state index is -0.528. The van der Waals surface area contributed by atoms with Gasteiger partial charge in [-0.3, -0.25) is 0 Å². The van der Waals surface area contributed by atoms with E-state index in [1.54, 1.807) is 14.2 Å². The van der Waals surface area contributed by atoms with Crippen LogP contribution in [-0.2, 0) is 4.74 Å². The van der Waals surface area contributed by atoms with Crippen molar-refractivity contribution in [2.45, 2.75) is 25.9 Å². The van der Waals surface area contributed by atoms with E-state index in [2.05, 4.69) is 12.2 Å². The van der Waals surface area contributed by atoms with Crippen LogP contribution in [0.25, 0.3) is 0 Å². The van der Waals surface area contributed by atoms with Gasteiger partial charge in [0.15, 0.2) is 11.5 Å². The fourth-order valence-corrected chi connectivity index (χ4v) is 1.71. The lowest BCUT2D eigenvalue weighted by Gasteiger charge is -2.14. The molecule has 1 atom stereocenters. The van der Waals surface area contributed by atoms with Crippen molar-refractivity contribution in [2.24, 2.45) is 0 Å². The summed E-state index contributed by atoms with van der Waals surface area (Å²) in [5, 5.41) is 12.9. The highest BCUT2D eigenvalue weighted by Crippen LogP contribution is 2.29. The number of nitrogens with one attached hydrogen (secondary N) is 1. The number of aliphatic hydroxyl groups is 1. The lowest BCUT2D eigenvalue weighted by molar-refractivity contribution is 0.0422. The number of rotatable bonds is 10. The molecule has 0 aliphatic rings. The molecule has 0 spiro atoms. The maximum Gasteiger partial charge on any atom is 0.162 e. The Hall–Kier alpha value is -1.46. The number of unbranched alkanes of at least 4 members (excludes halogenated alkanes) is 1. The normalized spacial score (nSPS) is 12.0. The average molecular weight is 283 g/mol. The van der Waals surface area contributed by atoms with E-state index in [1.165, 1.54) is 0 Å². The van der Waals surface area contributed by atoms with Crippen molar-refractivity contribution in [2.75, 3.05) is 39.3 Å². The molecule has 2 N–H and O–H groups in total. The van der Waals surface area contributed by atoms with Crippen LogP contribution in [0.5, 0.6) is 11.5 Å². The molecule has 0 radical (unpaired) electrons. The fourth-order valence-electron chi connectivity index (χ4n) is 1.71. The average Bonchev–Trinajstić information content (AvgIpc) is 2.49. The second-order valence-corrected chi connectivity index (χ2v) is 4.53. The molecule has 0 fully saturated rings. The van der Waals surface area contributed by atoms with E-state index in [9.17, 15) is 5.11 Å². The number of benzene rings is 1. The number of ether oxygens (including phenoxy) is 3. The van der Waals surface area contributed by atoms with Gasteiger partial charge in [0.05, 0.1) is 26.9 Å². The van der Waals surface area contributed by atoms with E-state index >= 15 is 0 Å². The largest absolute Gasteiger partial charge is 0.493 e. The number of hydrogen-bond donors (Lipinski definition) is 2. The Labute approximate surface area is 120 Å². The van der Waals surface area contributed by atoms with Crippen LogP contribution in [0, 0.1) is 0 Å². The van der Waals surface area contributed by atoms with Crippen LogP contribution in [0.15, 0.2) is 18.2 Å². The van der Waals surface area contributed by atoms with Gasteiger partial charge >= 0.3 is 0 Å². The zero-order valence-electron chi connectivity index (χ0n) is 12.5. The molecular weight excluding hydrogens is 258 g/mol. The molecule has 0 saturated carbocycles. The summed E-state index contributed by atoms with van der Waals surface area (Å²) in [5.74, 6) is 1.34. The van der Waals surface area contributed by atoms with Crippen molar-refractivity contribution < 1.29 is 19.3 Å². The number of methoxy groups -OCH3 is 2. The van der Waals surface area contributed by atoms with Crippen molar-refractivity contribution in [3.8, 4) is 11.5 Å². The first-order chi connectivity index (χ1) is 9.71. The minimum absolute atomic E-state index is 0.348.